The number of carbonyl (C=O) groups excluding carboxylic acids is 3. The average molecular weight is 356 g/mol. The zero-order valence-corrected chi connectivity index (χ0v) is 14.8. The van der Waals surface area contributed by atoms with Crippen LogP contribution in [0.4, 0.5) is 4.79 Å². The first-order valence-electron chi connectivity index (χ1n) is 7.53. The molecule has 1 saturated heterocycles. The number of aryl methyl sites for hydroxylation is 1. The number of hydrogen-bond acceptors (Lipinski definition) is 5. The van der Waals surface area contributed by atoms with Crippen LogP contribution in [0.15, 0.2) is 35.2 Å². The van der Waals surface area contributed by atoms with Gasteiger partial charge in [-0.3, -0.25) is 14.9 Å². The number of amides is 2. The Kier molecular flexibility index (Phi) is 4.50. The smallest absolute Gasteiger partial charge is 0.337 e. The quantitative estimate of drug-likeness (QED) is 0.675. The van der Waals surface area contributed by atoms with E-state index in [-0.39, 0.29) is 11.1 Å². The highest BCUT2D eigenvalue weighted by molar-refractivity contribution is 8.18. The third-order valence-electron chi connectivity index (χ3n) is 3.92. The van der Waals surface area contributed by atoms with Crippen LogP contribution in [0.1, 0.15) is 27.3 Å². The highest BCUT2D eigenvalue weighted by Crippen LogP contribution is 2.29. The van der Waals surface area contributed by atoms with Gasteiger partial charge in [0.1, 0.15) is 0 Å². The first-order chi connectivity index (χ1) is 11.9. The topological polar surface area (TPSA) is 77.4 Å². The lowest BCUT2D eigenvalue weighted by Gasteiger charge is -2.11. The van der Waals surface area contributed by atoms with E-state index in [4.69, 9.17) is 4.74 Å². The summed E-state index contributed by atoms with van der Waals surface area (Å²) in [6, 6.07) is 9.06. The molecule has 0 bridgehead atoms. The van der Waals surface area contributed by atoms with Gasteiger partial charge in [0.15, 0.2) is 0 Å². The summed E-state index contributed by atoms with van der Waals surface area (Å²) in [4.78, 5) is 35.2. The van der Waals surface area contributed by atoms with E-state index in [9.17, 15) is 14.4 Å². The maximum Gasteiger partial charge on any atom is 0.337 e. The van der Waals surface area contributed by atoms with E-state index in [1.807, 2.05) is 30.5 Å². The number of benzene rings is 1. The van der Waals surface area contributed by atoms with Gasteiger partial charge in [-0.15, -0.1) is 0 Å². The van der Waals surface area contributed by atoms with E-state index in [0.717, 1.165) is 34.4 Å². The van der Waals surface area contributed by atoms with Crippen molar-refractivity contribution in [3.8, 4) is 5.69 Å². The molecule has 6 nitrogen and oxygen atoms in total. The van der Waals surface area contributed by atoms with Crippen molar-refractivity contribution in [3.05, 3.63) is 57.8 Å². The van der Waals surface area contributed by atoms with Gasteiger partial charge in [-0.05, 0) is 61.5 Å². The molecule has 1 aliphatic heterocycles. The SMILES string of the molecule is COC(=O)c1cccc(-n2c(C)cc(/C=C3/SC(=O)NC3=O)c2C)c1. The second kappa shape index (κ2) is 6.60. The van der Waals surface area contributed by atoms with E-state index >= 15 is 0 Å². The van der Waals surface area contributed by atoms with Crippen molar-refractivity contribution >= 4 is 35.0 Å². The monoisotopic (exact) mass is 356 g/mol. The molecule has 0 atom stereocenters. The Bertz CT molecular complexity index is 927. The standard InChI is InChI=1S/C18H16N2O4S/c1-10-7-13(9-15-16(21)19-18(23)25-15)11(2)20(10)14-6-4-5-12(8-14)17(22)24-3/h4-9H,1-3H3,(H,19,21,23)/b15-9+. The zero-order chi connectivity index (χ0) is 18.1. The van der Waals surface area contributed by atoms with Gasteiger partial charge in [0.05, 0.1) is 17.6 Å². The van der Waals surface area contributed by atoms with Crippen molar-refractivity contribution < 1.29 is 19.1 Å². The Labute approximate surface area is 148 Å². The number of imide groups is 1. The van der Waals surface area contributed by atoms with Crippen LogP contribution in [0.5, 0.6) is 0 Å². The number of aromatic nitrogens is 1. The molecule has 0 saturated carbocycles. The largest absolute Gasteiger partial charge is 0.465 e. The number of ether oxygens (including phenoxy) is 1. The molecule has 1 aliphatic rings. The fourth-order valence-corrected chi connectivity index (χ4v) is 3.46. The lowest BCUT2D eigenvalue weighted by Crippen LogP contribution is -2.17. The molecular weight excluding hydrogens is 340 g/mol. The maximum atomic E-state index is 11.7. The molecule has 1 N–H and O–H groups in total. The third kappa shape index (κ3) is 3.23. The van der Waals surface area contributed by atoms with Crippen molar-refractivity contribution in [1.82, 2.24) is 9.88 Å². The number of nitrogens with one attached hydrogen (secondary N) is 1. The lowest BCUT2D eigenvalue weighted by atomic mass is 10.2. The Morgan fingerprint density at radius 3 is 2.64 bits per heavy atom. The van der Waals surface area contributed by atoms with Crippen LogP contribution < -0.4 is 5.32 Å². The van der Waals surface area contributed by atoms with Gasteiger partial charge < -0.3 is 9.30 Å². The third-order valence-corrected chi connectivity index (χ3v) is 4.73. The summed E-state index contributed by atoms with van der Waals surface area (Å²) < 4.78 is 6.75. The Hall–Kier alpha value is -2.80. The summed E-state index contributed by atoms with van der Waals surface area (Å²) in [6.07, 6.45) is 1.70. The summed E-state index contributed by atoms with van der Waals surface area (Å²) in [7, 11) is 1.34. The summed E-state index contributed by atoms with van der Waals surface area (Å²) in [5.41, 5.74) is 3.97. The molecule has 3 rings (SSSR count). The summed E-state index contributed by atoms with van der Waals surface area (Å²) in [5.74, 6) is -0.781. The van der Waals surface area contributed by atoms with Crippen LogP contribution in [0.3, 0.4) is 0 Å². The number of methoxy groups -OCH3 is 1. The fourth-order valence-electron chi connectivity index (χ4n) is 2.78. The van der Waals surface area contributed by atoms with E-state index in [0.29, 0.717) is 10.5 Å². The van der Waals surface area contributed by atoms with Crippen LogP contribution in [0.2, 0.25) is 0 Å². The summed E-state index contributed by atoms with van der Waals surface area (Å²) in [6.45, 7) is 3.86. The Morgan fingerprint density at radius 2 is 2.00 bits per heavy atom. The molecule has 0 unspecified atom stereocenters. The maximum absolute atomic E-state index is 11.7. The van der Waals surface area contributed by atoms with E-state index in [2.05, 4.69) is 5.32 Å². The van der Waals surface area contributed by atoms with E-state index < -0.39 is 5.97 Å². The highest BCUT2D eigenvalue weighted by Gasteiger charge is 2.25. The number of nitrogens with zero attached hydrogens (tertiary/aromatic N) is 1. The molecule has 0 radical (unpaired) electrons. The summed E-state index contributed by atoms with van der Waals surface area (Å²) in [5, 5.41) is 1.88. The first-order valence-corrected chi connectivity index (χ1v) is 8.35. The van der Waals surface area contributed by atoms with E-state index in [1.54, 1.807) is 24.3 Å². The highest BCUT2D eigenvalue weighted by atomic mass is 32.2. The first kappa shape index (κ1) is 17.0. The van der Waals surface area contributed by atoms with Crippen LogP contribution in [-0.2, 0) is 9.53 Å². The van der Waals surface area contributed by atoms with Crippen molar-refractivity contribution in [3.63, 3.8) is 0 Å². The van der Waals surface area contributed by atoms with Crippen LogP contribution in [0.25, 0.3) is 11.8 Å². The zero-order valence-electron chi connectivity index (χ0n) is 14.0. The predicted octanol–water partition coefficient (Wildman–Crippen LogP) is 3.20. The van der Waals surface area contributed by atoms with E-state index in [1.165, 1.54) is 7.11 Å². The van der Waals surface area contributed by atoms with Gasteiger partial charge in [-0.25, -0.2) is 4.79 Å². The molecule has 128 valence electrons. The number of esters is 1. The molecule has 0 spiro atoms. The molecular formula is C18H16N2O4S. The molecule has 1 aromatic heterocycles. The molecule has 2 amide bonds. The molecule has 2 heterocycles. The van der Waals surface area contributed by atoms with Crippen molar-refractivity contribution in [1.29, 1.82) is 0 Å². The number of carbonyl (C=O) groups is 3. The molecule has 25 heavy (non-hydrogen) atoms. The summed E-state index contributed by atoms with van der Waals surface area (Å²) >= 11 is 0.889. The van der Waals surface area contributed by atoms with Gasteiger partial charge in [-0.2, -0.15) is 0 Å². The molecule has 7 heteroatoms. The van der Waals surface area contributed by atoms with Crippen LogP contribution in [-0.4, -0.2) is 28.8 Å². The molecule has 1 aromatic carbocycles. The van der Waals surface area contributed by atoms with Gasteiger partial charge in [-0.1, -0.05) is 6.07 Å². The van der Waals surface area contributed by atoms with Gasteiger partial charge in [0.2, 0.25) is 0 Å². The normalized spacial score (nSPS) is 15.6. The minimum Gasteiger partial charge on any atom is -0.465 e. The molecule has 2 aromatic rings. The van der Waals surface area contributed by atoms with Gasteiger partial charge in [0.25, 0.3) is 11.1 Å². The van der Waals surface area contributed by atoms with Gasteiger partial charge in [0, 0.05) is 17.1 Å². The second-order valence-corrected chi connectivity index (χ2v) is 6.57. The van der Waals surface area contributed by atoms with Gasteiger partial charge >= 0.3 is 5.97 Å². The molecule has 1 fully saturated rings. The average Bonchev–Trinajstić information content (AvgIpc) is 3.05. The number of thioether (sulfide) groups is 1. The van der Waals surface area contributed by atoms with Crippen molar-refractivity contribution in [2.45, 2.75) is 13.8 Å². The van der Waals surface area contributed by atoms with Crippen LogP contribution in [0, 0.1) is 13.8 Å². The second-order valence-electron chi connectivity index (χ2n) is 5.56. The number of hydrogen-bond donors (Lipinski definition) is 1. The van der Waals surface area contributed by atoms with Crippen molar-refractivity contribution in [2.75, 3.05) is 7.11 Å². The Morgan fingerprint density at radius 1 is 1.24 bits per heavy atom. The lowest BCUT2D eigenvalue weighted by molar-refractivity contribution is -0.115. The molecule has 0 aliphatic carbocycles. The van der Waals surface area contributed by atoms with Crippen LogP contribution >= 0.6 is 11.8 Å². The number of rotatable bonds is 3. The minimum atomic E-state index is -0.399. The predicted molar refractivity (Wildman–Crippen MR) is 95.7 cm³/mol. The minimum absolute atomic E-state index is 0.365. The Balaban J connectivity index is 2.04. The fraction of sp³-hybridized carbons (Fsp3) is 0.167. The van der Waals surface area contributed by atoms with Crippen molar-refractivity contribution in [2.24, 2.45) is 0 Å².